The highest BCUT2D eigenvalue weighted by Gasteiger charge is 2.43. The van der Waals surface area contributed by atoms with Crippen molar-refractivity contribution in [3.63, 3.8) is 0 Å². The molecule has 13 aromatic rings. The van der Waals surface area contributed by atoms with Gasteiger partial charge in [-0.05, 0) is 110 Å². The summed E-state index contributed by atoms with van der Waals surface area (Å²) in [5.41, 5.74) is 23.6. The molecule has 0 bridgehead atoms. The van der Waals surface area contributed by atoms with Crippen molar-refractivity contribution in [3.8, 4) is 44.5 Å². The first kappa shape index (κ1) is 39.7. The maximum Gasteiger partial charge on any atom is 0.252 e. The molecular weight excluding hydrogens is 864 g/mol. The molecule has 2 aromatic heterocycles. The maximum absolute atomic E-state index is 6.44. The van der Waals surface area contributed by atoms with Crippen LogP contribution in [0.15, 0.2) is 258 Å². The normalized spacial score (nSPS) is 12.7. The van der Waals surface area contributed by atoms with Gasteiger partial charge in [0.2, 0.25) is 0 Å². The fraction of sp³-hybridized carbons (Fsp3) is 0. The van der Waals surface area contributed by atoms with Gasteiger partial charge in [0.1, 0.15) is 22.3 Å². The van der Waals surface area contributed by atoms with E-state index in [0.717, 1.165) is 99.8 Å². The van der Waals surface area contributed by atoms with Crippen LogP contribution in [-0.4, -0.2) is 6.71 Å². The zero-order valence-electron chi connectivity index (χ0n) is 38.5. The third-order valence-corrected chi connectivity index (χ3v) is 14.9. The minimum Gasteiger partial charge on any atom is -0.455 e. The predicted octanol–water partition coefficient (Wildman–Crippen LogP) is 16.2. The summed E-state index contributed by atoms with van der Waals surface area (Å²) in [6.07, 6.45) is 0. The third kappa shape index (κ3) is 6.13. The van der Waals surface area contributed by atoms with Gasteiger partial charge in [-0.3, -0.25) is 0 Å². The molecule has 71 heavy (non-hydrogen) atoms. The molecule has 330 valence electrons. The molecule has 2 aliphatic heterocycles. The maximum atomic E-state index is 6.44. The van der Waals surface area contributed by atoms with Crippen molar-refractivity contribution in [2.45, 2.75) is 0 Å². The van der Waals surface area contributed by atoms with Gasteiger partial charge in [-0.15, -0.1) is 0 Å². The summed E-state index contributed by atoms with van der Waals surface area (Å²) in [5.74, 6) is 0. The van der Waals surface area contributed by atoms with Crippen LogP contribution in [0.25, 0.3) is 88.4 Å². The molecule has 0 saturated heterocycles. The van der Waals surface area contributed by atoms with Crippen LogP contribution in [0.1, 0.15) is 0 Å². The summed E-state index contributed by atoms with van der Waals surface area (Å²) in [4.78, 5) is 4.95. The second kappa shape index (κ2) is 15.6. The molecule has 11 aromatic carbocycles. The first-order valence-corrected chi connectivity index (χ1v) is 24.4. The van der Waals surface area contributed by atoms with Crippen LogP contribution >= 0.6 is 0 Å². The van der Waals surface area contributed by atoms with Gasteiger partial charge >= 0.3 is 0 Å². The van der Waals surface area contributed by atoms with E-state index in [1.807, 2.05) is 24.3 Å². The number of para-hydroxylation sites is 6. The zero-order chi connectivity index (χ0) is 46.6. The Morgan fingerprint density at radius 1 is 0.282 bits per heavy atom. The summed E-state index contributed by atoms with van der Waals surface area (Å²) < 4.78 is 12.9. The van der Waals surface area contributed by atoms with Crippen molar-refractivity contribution in [1.29, 1.82) is 0 Å². The van der Waals surface area contributed by atoms with Crippen molar-refractivity contribution in [1.82, 2.24) is 0 Å². The van der Waals surface area contributed by atoms with Crippen LogP contribution in [0.3, 0.4) is 0 Å². The van der Waals surface area contributed by atoms with Gasteiger partial charge in [0.15, 0.2) is 0 Å². The molecule has 5 heteroatoms. The molecule has 15 rings (SSSR count). The Kier molecular flexibility index (Phi) is 8.72. The first-order valence-electron chi connectivity index (χ1n) is 24.4. The van der Waals surface area contributed by atoms with E-state index in [-0.39, 0.29) is 6.71 Å². The number of nitrogens with zero attached hydrogens (tertiary/aromatic N) is 2. The Morgan fingerprint density at radius 2 is 0.662 bits per heavy atom. The lowest BCUT2D eigenvalue weighted by atomic mass is 9.33. The molecule has 0 saturated carbocycles. The summed E-state index contributed by atoms with van der Waals surface area (Å²) in [5, 5.41) is 4.55. The molecule has 0 aliphatic carbocycles. The van der Waals surface area contributed by atoms with Gasteiger partial charge in [0.25, 0.3) is 6.71 Å². The fourth-order valence-electron chi connectivity index (χ4n) is 11.6. The fourth-order valence-corrected chi connectivity index (χ4v) is 11.6. The Bertz CT molecular complexity index is 3960. The van der Waals surface area contributed by atoms with Crippen LogP contribution < -0.4 is 26.2 Å². The lowest BCUT2D eigenvalue weighted by molar-refractivity contribution is 0.669. The molecule has 4 nitrogen and oxygen atoms in total. The minimum atomic E-state index is -0.00688. The lowest BCUT2D eigenvalue weighted by Gasteiger charge is -2.44. The SMILES string of the molecule is c1ccc(N2c3cc(-c4ccc(-c5cccc6c5oc5ccccc56)cc4)ccc3B3c4ccc(-c5ccc(-c6cccc7c6oc6ccccc67)cc5)cc4N(c4ccccc4)c4cccc2c43)cc1. The van der Waals surface area contributed by atoms with Gasteiger partial charge in [0.05, 0.1) is 0 Å². The van der Waals surface area contributed by atoms with Crippen LogP contribution in [0, 0.1) is 0 Å². The minimum absolute atomic E-state index is 0.00688. The van der Waals surface area contributed by atoms with E-state index in [4.69, 9.17) is 8.83 Å². The Hall–Kier alpha value is -9.32. The van der Waals surface area contributed by atoms with E-state index >= 15 is 0 Å². The van der Waals surface area contributed by atoms with Crippen molar-refractivity contribution in [2.24, 2.45) is 0 Å². The van der Waals surface area contributed by atoms with Gasteiger partial charge in [-0.1, -0.05) is 188 Å². The standard InChI is InChI=1S/C66H41BN2O2/c1-3-14-48(15-4-1)68-58-24-13-25-59-64(58)67(56-38-36-46(40-60(56)68)42-28-32-44(33-29-42)50-20-11-22-54-52-18-7-9-26-62(52)70-65(50)54)57-39-37-47(41-61(57)69(59)49-16-5-2-6-17-49)43-30-34-45(35-31-43)51-21-12-23-55-53-19-8-10-27-63(53)71-66(51)55/h1-41H. The molecule has 0 atom stereocenters. The number of benzene rings is 11. The smallest absolute Gasteiger partial charge is 0.252 e. The van der Waals surface area contributed by atoms with Crippen LogP contribution in [-0.2, 0) is 0 Å². The van der Waals surface area contributed by atoms with Crippen molar-refractivity contribution < 1.29 is 8.83 Å². The van der Waals surface area contributed by atoms with Crippen molar-refractivity contribution in [2.75, 3.05) is 9.80 Å². The van der Waals surface area contributed by atoms with E-state index < -0.39 is 0 Å². The number of fused-ring (bicyclic) bond motifs is 10. The van der Waals surface area contributed by atoms with Gasteiger partial charge < -0.3 is 18.6 Å². The molecule has 0 radical (unpaired) electrons. The highest BCUT2D eigenvalue weighted by Crippen LogP contribution is 2.46. The monoisotopic (exact) mass is 904 g/mol. The molecular formula is C66H41BN2O2. The molecule has 0 spiro atoms. The quantitative estimate of drug-likeness (QED) is 0.156. The van der Waals surface area contributed by atoms with E-state index in [0.29, 0.717) is 0 Å². The second-order valence-electron chi connectivity index (χ2n) is 18.7. The molecule has 0 unspecified atom stereocenters. The summed E-state index contributed by atoms with van der Waals surface area (Å²) >= 11 is 0. The van der Waals surface area contributed by atoms with Gasteiger partial charge in [-0.2, -0.15) is 0 Å². The first-order chi connectivity index (χ1) is 35.2. The van der Waals surface area contributed by atoms with Crippen LogP contribution in [0.2, 0.25) is 0 Å². The van der Waals surface area contributed by atoms with Crippen molar-refractivity contribution in [3.05, 3.63) is 249 Å². The van der Waals surface area contributed by atoms with Crippen LogP contribution in [0.5, 0.6) is 0 Å². The van der Waals surface area contributed by atoms with Crippen molar-refractivity contribution >= 4 is 101 Å². The molecule has 4 heterocycles. The average molecular weight is 905 g/mol. The van der Waals surface area contributed by atoms with E-state index in [9.17, 15) is 0 Å². The highest BCUT2D eigenvalue weighted by atomic mass is 16.3. The largest absolute Gasteiger partial charge is 0.455 e. The lowest BCUT2D eigenvalue weighted by Crippen LogP contribution is -2.61. The number of rotatable bonds is 6. The van der Waals surface area contributed by atoms with E-state index in [2.05, 4.69) is 234 Å². The zero-order valence-corrected chi connectivity index (χ0v) is 38.5. The average Bonchev–Trinajstić information content (AvgIpc) is 4.02. The predicted molar refractivity (Wildman–Crippen MR) is 297 cm³/mol. The number of furan rings is 2. The summed E-state index contributed by atoms with van der Waals surface area (Å²) in [6.45, 7) is -0.00688. The topological polar surface area (TPSA) is 32.8 Å². The van der Waals surface area contributed by atoms with Gasteiger partial charge in [-0.25, -0.2) is 0 Å². The van der Waals surface area contributed by atoms with Crippen LogP contribution in [0.4, 0.5) is 34.1 Å². The number of hydrogen-bond donors (Lipinski definition) is 0. The Morgan fingerprint density at radius 3 is 1.13 bits per heavy atom. The van der Waals surface area contributed by atoms with Gasteiger partial charge in [0, 0.05) is 66.8 Å². The molecule has 0 amide bonds. The highest BCUT2D eigenvalue weighted by molar-refractivity contribution is 7.00. The molecule has 2 aliphatic rings. The number of hydrogen-bond acceptors (Lipinski definition) is 4. The second-order valence-corrected chi connectivity index (χ2v) is 18.7. The summed E-state index contributed by atoms with van der Waals surface area (Å²) in [7, 11) is 0. The summed E-state index contributed by atoms with van der Waals surface area (Å²) in [6, 6.07) is 90.1. The number of anilines is 6. The Labute approximate surface area is 411 Å². The third-order valence-electron chi connectivity index (χ3n) is 14.9. The Balaban J connectivity index is 0.858. The molecule has 0 N–H and O–H groups in total. The van der Waals surface area contributed by atoms with E-state index in [1.54, 1.807) is 0 Å². The van der Waals surface area contributed by atoms with E-state index in [1.165, 1.54) is 39.1 Å². The molecule has 0 fully saturated rings.